The van der Waals surface area contributed by atoms with Crippen molar-refractivity contribution < 1.29 is 0 Å². The molecule has 0 spiro atoms. The van der Waals surface area contributed by atoms with Crippen LogP contribution in [0.5, 0.6) is 0 Å². The van der Waals surface area contributed by atoms with Gasteiger partial charge in [0.05, 0.1) is 12.6 Å². The van der Waals surface area contributed by atoms with Gasteiger partial charge < -0.3 is 0 Å². The zero-order valence-corrected chi connectivity index (χ0v) is 15.6. The van der Waals surface area contributed by atoms with E-state index in [9.17, 15) is 10.1 Å². The number of thioether (sulfide) groups is 1. The molecular formula is C23H14N2OS. The van der Waals surface area contributed by atoms with Gasteiger partial charge in [-0.3, -0.25) is 4.79 Å². The summed E-state index contributed by atoms with van der Waals surface area (Å²) < 4.78 is 0. The van der Waals surface area contributed by atoms with E-state index >= 15 is 0 Å². The predicted molar refractivity (Wildman–Crippen MR) is 112 cm³/mol. The first-order chi connectivity index (χ1) is 13.1. The van der Waals surface area contributed by atoms with Crippen molar-refractivity contribution in [3.05, 3.63) is 81.0 Å². The van der Waals surface area contributed by atoms with Gasteiger partial charge in [-0.1, -0.05) is 30.3 Å². The van der Waals surface area contributed by atoms with E-state index in [1.54, 1.807) is 11.8 Å². The maximum absolute atomic E-state index is 12.9. The normalized spacial score (nSPS) is 12.1. The predicted octanol–water partition coefficient (Wildman–Crippen LogP) is 4.76. The molecule has 0 saturated heterocycles. The SMILES string of the molecule is [C-]#[N+]/C(C#N)=c1\c(=O)c2ccc(-c3ccc(SC)cc3)c3c(C)ccc1c32. The van der Waals surface area contributed by atoms with Gasteiger partial charge in [0.2, 0.25) is 0 Å². The highest BCUT2D eigenvalue weighted by Gasteiger charge is 2.18. The molecule has 0 atom stereocenters. The summed E-state index contributed by atoms with van der Waals surface area (Å²) in [6.45, 7) is 9.28. The molecule has 4 aromatic carbocycles. The molecule has 4 rings (SSSR count). The molecule has 27 heavy (non-hydrogen) atoms. The number of rotatable bonds is 2. The van der Waals surface area contributed by atoms with Crippen LogP contribution in [0.1, 0.15) is 5.56 Å². The van der Waals surface area contributed by atoms with Crippen LogP contribution in [0.2, 0.25) is 0 Å². The van der Waals surface area contributed by atoms with E-state index in [2.05, 4.69) is 29.1 Å². The lowest BCUT2D eigenvalue weighted by atomic mass is 9.93. The first kappa shape index (κ1) is 17.1. The monoisotopic (exact) mass is 366 g/mol. The first-order valence-electron chi connectivity index (χ1n) is 8.38. The number of aryl methyl sites for hydroxylation is 1. The number of nitrogens with zero attached hydrogens (tertiary/aromatic N) is 2. The smallest absolute Gasteiger partial charge is 0.273 e. The highest BCUT2D eigenvalue weighted by atomic mass is 32.2. The summed E-state index contributed by atoms with van der Waals surface area (Å²) in [6.07, 6.45) is 2.04. The van der Waals surface area contributed by atoms with Crippen LogP contribution in [0.15, 0.2) is 58.2 Å². The Balaban J connectivity index is 2.20. The van der Waals surface area contributed by atoms with E-state index in [0.29, 0.717) is 10.8 Å². The molecular weight excluding hydrogens is 352 g/mol. The Morgan fingerprint density at radius 1 is 1.04 bits per heavy atom. The highest BCUT2D eigenvalue weighted by molar-refractivity contribution is 7.98. The summed E-state index contributed by atoms with van der Waals surface area (Å²) in [6, 6.07) is 17.8. The summed E-state index contributed by atoms with van der Waals surface area (Å²) in [5.41, 5.74) is 2.81. The zero-order valence-electron chi connectivity index (χ0n) is 14.8. The fourth-order valence-corrected chi connectivity index (χ4v) is 4.11. The summed E-state index contributed by atoms with van der Waals surface area (Å²) in [5.74, 6) is 0. The fraction of sp³-hybridized carbons (Fsp3) is 0.0870. The number of nitriles is 1. The summed E-state index contributed by atoms with van der Waals surface area (Å²) in [4.78, 5) is 17.4. The van der Waals surface area contributed by atoms with Crippen molar-refractivity contribution in [1.29, 1.82) is 5.26 Å². The Hall–Kier alpha value is -3.34. The van der Waals surface area contributed by atoms with Crippen LogP contribution in [0.3, 0.4) is 0 Å². The zero-order chi connectivity index (χ0) is 19.1. The minimum atomic E-state index is -0.238. The van der Waals surface area contributed by atoms with Crippen LogP contribution in [-0.2, 0) is 0 Å². The third kappa shape index (κ3) is 2.46. The van der Waals surface area contributed by atoms with E-state index in [1.165, 1.54) is 4.90 Å². The van der Waals surface area contributed by atoms with Crippen molar-refractivity contribution in [3.8, 4) is 17.2 Å². The Labute approximate surface area is 160 Å². The average molecular weight is 366 g/mol. The van der Waals surface area contributed by atoms with Crippen LogP contribution in [0, 0.1) is 24.8 Å². The summed E-state index contributed by atoms with van der Waals surface area (Å²) in [7, 11) is 0. The lowest BCUT2D eigenvalue weighted by molar-refractivity contribution is 1.46. The molecule has 0 radical (unpaired) electrons. The topological polar surface area (TPSA) is 45.2 Å². The van der Waals surface area contributed by atoms with Gasteiger partial charge in [0.25, 0.3) is 5.70 Å². The van der Waals surface area contributed by atoms with E-state index < -0.39 is 0 Å². The van der Waals surface area contributed by atoms with Gasteiger partial charge in [-0.15, -0.1) is 11.8 Å². The molecule has 0 aliphatic rings. The molecule has 0 aliphatic heterocycles. The van der Waals surface area contributed by atoms with Gasteiger partial charge in [0.1, 0.15) is 0 Å². The van der Waals surface area contributed by atoms with Crippen molar-refractivity contribution in [2.75, 3.05) is 6.26 Å². The van der Waals surface area contributed by atoms with Gasteiger partial charge in [-0.25, -0.2) is 10.1 Å². The van der Waals surface area contributed by atoms with E-state index in [1.807, 2.05) is 43.5 Å². The molecule has 0 amide bonds. The second-order valence-corrected chi connectivity index (χ2v) is 7.23. The quantitative estimate of drug-likeness (QED) is 0.380. The summed E-state index contributed by atoms with van der Waals surface area (Å²) in [5, 5.41) is 12.6. The molecule has 4 heteroatoms. The Bertz CT molecular complexity index is 1370. The second-order valence-electron chi connectivity index (χ2n) is 6.35. The molecule has 0 bridgehead atoms. The minimum Gasteiger partial charge on any atom is -0.290 e. The van der Waals surface area contributed by atoms with E-state index in [0.717, 1.165) is 27.5 Å². The molecule has 0 N–H and O–H groups in total. The minimum absolute atomic E-state index is 0.146. The maximum Gasteiger partial charge on any atom is 0.273 e. The van der Waals surface area contributed by atoms with Crippen molar-refractivity contribution in [1.82, 2.24) is 0 Å². The Morgan fingerprint density at radius 3 is 2.37 bits per heavy atom. The molecule has 3 nitrogen and oxygen atoms in total. The van der Waals surface area contributed by atoms with Gasteiger partial charge in [0, 0.05) is 20.9 Å². The fourth-order valence-electron chi connectivity index (χ4n) is 3.70. The summed E-state index contributed by atoms with van der Waals surface area (Å²) >= 11 is 1.69. The molecule has 0 aromatic heterocycles. The average Bonchev–Trinajstić information content (AvgIpc) is 2.99. The van der Waals surface area contributed by atoms with Crippen LogP contribution < -0.4 is 10.6 Å². The van der Waals surface area contributed by atoms with Gasteiger partial charge in [0.15, 0.2) is 5.43 Å². The highest BCUT2D eigenvalue weighted by Crippen LogP contribution is 2.36. The number of hydrogen-bond acceptors (Lipinski definition) is 3. The first-order valence-corrected chi connectivity index (χ1v) is 9.60. The molecule has 0 heterocycles. The Morgan fingerprint density at radius 2 is 1.74 bits per heavy atom. The number of benzene rings is 3. The van der Waals surface area contributed by atoms with Gasteiger partial charge >= 0.3 is 0 Å². The van der Waals surface area contributed by atoms with E-state index in [-0.39, 0.29) is 16.3 Å². The van der Waals surface area contributed by atoms with Crippen molar-refractivity contribution in [2.45, 2.75) is 11.8 Å². The lowest BCUT2D eigenvalue weighted by Gasteiger charge is -2.11. The molecule has 0 fully saturated rings. The maximum atomic E-state index is 12.9. The van der Waals surface area contributed by atoms with Crippen LogP contribution in [-0.4, -0.2) is 6.26 Å². The van der Waals surface area contributed by atoms with Crippen LogP contribution in [0.4, 0.5) is 0 Å². The Kier molecular flexibility index (Phi) is 4.07. The van der Waals surface area contributed by atoms with Gasteiger partial charge in [-0.05, 0) is 58.8 Å². The van der Waals surface area contributed by atoms with Crippen molar-refractivity contribution in [2.24, 2.45) is 0 Å². The molecule has 4 aromatic rings. The molecule has 0 saturated carbocycles. The molecule has 0 unspecified atom stereocenters. The second kappa shape index (κ2) is 6.43. The van der Waals surface area contributed by atoms with Crippen LogP contribution in [0.25, 0.3) is 43.2 Å². The lowest BCUT2D eigenvalue weighted by Crippen LogP contribution is -2.21. The van der Waals surface area contributed by atoms with Crippen molar-refractivity contribution in [3.63, 3.8) is 0 Å². The van der Waals surface area contributed by atoms with Crippen LogP contribution >= 0.6 is 11.8 Å². The largest absolute Gasteiger partial charge is 0.290 e. The third-order valence-corrected chi connectivity index (χ3v) is 5.71. The third-order valence-electron chi connectivity index (χ3n) is 4.97. The standard InChI is InChI=1S/C23H14N2OS/c1-13-4-9-17-21-18(23(26)22(17)19(12-24)25-2)11-10-16(20(13)21)14-5-7-15(27-3)8-6-14/h4-11H,1,3H3/b22-19-. The number of hydrogen-bond donors (Lipinski definition) is 0. The molecule has 128 valence electrons. The van der Waals surface area contributed by atoms with Crippen molar-refractivity contribution >= 4 is 39.0 Å². The van der Waals surface area contributed by atoms with Gasteiger partial charge in [-0.2, -0.15) is 0 Å². The molecule has 0 aliphatic carbocycles. The van der Waals surface area contributed by atoms with E-state index in [4.69, 9.17) is 6.57 Å².